The van der Waals surface area contributed by atoms with Crippen LogP contribution in [0.3, 0.4) is 0 Å². The van der Waals surface area contributed by atoms with Crippen molar-refractivity contribution in [3.63, 3.8) is 0 Å². The van der Waals surface area contributed by atoms with Crippen LogP contribution in [0.1, 0.15) is 34.3 Å². The Labute approximate surface area is 201 Å². The van der Waals surface area contributed by atoms with Gasteiger partial charge in [-0.1, -0.05) is 48.5 Å². The van der Waals surface area contributed by atoms with E-state index in [1.165, 1.54) is 9.87 Å². The molecular weight excluding hydrogens is 448 g/mol. The number of carbonyl (C=O) groups is 1. The predicted molar refractivity (Wildman–Crippen MR) is 133 cm³/mol. The normalized spacial score (nSPS) is 14.1. The van der Waals surface area contributed by atoms with Gasteiger partial charge in [-0.25, -0.2) is 8.42 Å². The molecule has 0 bridgehead atoms. The molecule has 0 unspecified atom stereocenters. The maximum atomic E-state index is 12.7. The molecule has 1 heterocycles. The summed E-state index contributed by atoms with van der Waals surface area (Å²) in [6.45, 7) is 1.79. The summed E-state index contributed by atoms with van der Waals surface area (Å²) >= 11 is 0. The summed E-state index contributed by atoms with van der Waals surface area (Å²) in [5, 5.41) is 2.91. The first-order valence-corrected chi connectivity index (χ1v) is 13.1. The Morgan fingerprint density at radius 2 is 1.53 bits per heavy atom. The molecular formula is C27H30N2O4S. The molecule has 0 radical (unpaired) electrons. The van der Waals surface area contributed by atoms with E-state index in [9.17, 15) is 13.2 Å². The number of nitrogens with one attached hydrogen (secondary N) is 1. The van der Waals surface area contributed by atoms with E-state index in [1.807, 2.05) is 42.5 Å². The molecule has 0 atom stereocenters. The molecule has 0 saturated carbocycles. The number of carbonyl (C=O) groups excluding carboxylic acids is 1. The predicted octanol–water partition coefficient (Wildman–Crippen LogP) is 4.07. The van der Waals surface area contributed by atoms with Crippen LogP contribution < -0.4 is 10.1 Å². The molecule has 1 aliphatic heterocycles. The first-order chi connectivity index (χ1) is 16.5. The third-order valence-electron chi connectivity index (χ3n) is 5.97. The largest absolute Gasteiger partial charge is 0.492 e. The molecule has 0 aliphatic carbocycles. The number of hydrogen-bond donors (Lipinski definition) is 1. The maximum Gasteiger partial charge on any atom is 0.251 e. The summed E-state index contributed by atoms with van der Waals surface area (Å²) in [4.78, 5) is 13.0. The van der Waals surface area contributed by atoms with Gasteiger partial charge < -0.3 is 10.1 Å². The van der Waals surface area contributed by atoms with Crippen LogP contribution in [-0.2, 0) is 22.9 Å². The van der Waals surface area contributed by atoms with Gasteiger partial charge in [0.2, 0.25) is 10.0 Å². The highest BCUT2D eigenvalue weighted by Gasteiger charge is 2.26. The Hall–Kier alpha value is -3.16. The molecule has 1 fully saturated rings. The summed E-state index contributed by atoms with van der Waals surface area (Å²) in [5.74, 6) is 0.442. The molecule has 4 rings (SSSR count). The fourth-order valence-corrected chi connectivity index (χ4v) is 5.61. The second-order valence-corrected chi connectivity index (χ2v) is 10.3. The van der Waals surface area contributed by atoms with Crippen molar-refractivity contribution in [3.05, 3.63) is 95.6 Å². The van der Waals surface area contributed by atoms with Crippen LogP contribution in [0.5, 0.6) is 5.75 Å². The van der Waals surface area contributed by atoms with Crippen LogP contribution in [0, 0.1) is 0 Å². The van der Waals surface area contributed by atoms with Gasteiger partial charge in [0.05, 0.1) is 11.4 Å². The molecule has 7 heteroatoms. The number of aryl methyl sites for hydroxylation is 2. The molecule has 1 aliphatic rings. The number of nitrogens with zero attached hydrogens (tertiary/aromatic N) is 1. The van der Waals surface area contributed by atoms with Gasteiger partial charge in [0.25, 0.3) is 5.91 Å². The Morgan fingerprint density at radius 1 is 0.853 bits per heavy atom. The highest BCUT2D eigenvalue weighted by molar-refractivity contribution is 7.89. The Bertz CT molecular complexity index is 1190. The molecule has 178 valence electrons. The number of ether oxygens (including phenoxy) is 1. The van der Waals surface area contributed by atoms with E-state index in [0.29, 0.717) is 30.9 Å². The minimum absolute atomic E-state index is 0.126. The number of rotatable bonds is 10. The van der Waals surface area contributed by atoms with Crippen LogP contribution in [-0.4, -0.2) is 44.9 Å². The molecule has 0 spiro atoms. The average molecular weight is 479 g/mol. The number of amides is 1. The Kier molecular flexibility index (Phi) is 7.98. The topological polar surface area (TPSA) is 75.7 Å². The minimum atomic E-state index is -3.43. The number of benzene rings is 3. The summed E-state index contributed by atoms with van der Waals surface area (Å²) in [6, 6.07) is 24.3. The molecule has 3 aromatic carbocycles. The second kappa shape index (κ2) is 11.3. The standard InChI is InChI=1S/C27H30N2O4S/c30-27(26-11-5-4-10-23(26)13-12-22-8-2-1-3-9-22)28-18-21-33-24-14-16-25(17-15-24)34(31,32)29-19-6-7-20-29/h1-5,8-11,14-17H,6-7,12-13,18-21H2,(H,28,30). The van der Waals surface area contributed by atoms with Gasteiger partial charge in [-0.15, -0.1) is 0 Å². The molecule has 1 N–H and O–H groups in total. The van der Waals surface area contributed by atoms with E-state index in [0.717, 1.165) is 31.2 Å². The van der Waals surface area contributed by atoms with Crippen molar-refractivity contribution in [2.75, 3.05) is 26.2 Å². The molecule has 0 aromatic heterocycles. The molecule has 1 amide bonds. The van der Waals surface area contributed by atoms with Gasteiger partial charge in [-0.3, -0.25) is 4.79 Å². The lowest BCUT2D eigenvalue weighted by atomic mass is 9.99. The van der Waals surface area contributed by atoms with Crippen LogP contribution in [0.4, 0.5) is 0 Å². The van der Waals surface area contributed by atoms with Gasteiger partial charge in [-0.2, -0.15) is 4.31 Å². The Balaban J connectivity index is 1.26. The van der Waals surface area contributed by atoms with Gasteiger partial charge in [0.15, 0.2) is 0 Å². The van der Waals surface area contributed by atoms with E-state index in [2.05, 4.69) is 17.4 Å². The fraction of sp³-hybridized carbons (Fsp3) is 0.296. The summed E-state index contributed by atoms with van der Waals surface area (Å²) in [7, 11) is -3.43. The van der Waals surface area contributed by atoms with Gasteiger partial charge in [0, 0.05) is 18.7 Å². The first-order valence-electron chi connectivity index (χ1n) is 11.7. The maximum absolute atomic E-state index is 12.7. The molecule has 34 heavy (non-hydrogen) atoms. The van der Waals surface area contributed by atoms with Gasteiger partial charge >= 0.3 is 0 Å². The lowest BCUT2D eigenvalue weighted by Gasteiger charge is -2.15. The van der Waals surface area contributed by atoms with E-state index >= 15 is 0 Å². The third-order valence-corrected chi connectivity index (χ3v) is 7.88. The fourth-order valence-electron chi connectivity index (χ4n) is 4.10. The van der Waals surface area contributed by atoms with Crippen LogP contribution in [0.25, 0.3) is 0 Å². The van der Waals surface area contributed by atoms with E-state index in [1.54, 1.807) is 24.3 Å². The first kappa shape index (κ1) is 24.0. The van der Waals surface area contributed by atoms with Gasteiger partial charge in [-0.05, 0) is 67.1 Å². The van der Waals surface area contributed by atoms with Crippen molar-refractivity contribution in [2.45, 2.75) is 30.6 Å². The zero-order valence-electron chi connectivity index (χ0n) is 19.2. The number of hydrogen-bond acceptors (Lipinski definition) is 4. The zero-order valence-corrected chi connectivity index (χ0v) is 20.0. The van der Waals surface area contributed by atoms with E-state index in [4.69, 9.17) is 4.74 Å². The van der Waals surface area contributed by atoms with Crippen molar-refractivity contribution < 1.29 is 17.9 Å². The van der Waals surface area contributed by atoms with Crippen molar-refractivity contribution >= 4 is 15.9 Å². The SMILES string of the molecule is O=C(NCCOc1ccc(S(=O)(=O)N2CCCC2)cc1)c1ccccc1CCc1ccccc1. The molecule has 3 aromatic rings. The summed E-state index contributed by atoms with van der Waals surface area (Å²) in [6.07, 6.45) is 3.47. The van der Waals surface area contributed by atoms with Crippen molar-refractivity contribution in [2.24, 2.45) is 0 Å². The highest BCUT2D eigenvalue weighted by Crippen LogP contribution is 2.23. The van der Waals surface area contributed by atoms with E-state index < -0.39 is 10.0 Å². The minimum Gasteiger partial charge on any atom is -0.492 e. The summed E-state index contributed by atoms with van der Waals surface area (Å²) in [5.41, 5.74) is 2.93. The van der Waals surface area contributed by atoms with Crippen LogP contribution in [0.15, 0.2) is 83.8 Å². The quantitative estimate of drug-likeness (QED) is 0.446. The molecule has 1 saturated heterocycles. The molecule has 6 nitrogen and oxygen atoms in total. The monoisotopic (exact) mass is 478 g/mol. The number of sulfonamides is 1. The van der Waals surface area contributed by atoms with Crippen molar-refractivity contribution in [3.8, 4) is 5.75 Å². The van der Waals surface area contributed by atoms with Crippen LogP contribution >= 0.6 is 0 Å². The lowest BCUT2D eigenvalue weighted by Crippen LogP contribution is -2.29. The van der Waals surface area contributed by atoms with Crippen molar-refractivity contribution in [1.29, 1.82) is 0 Å². The van der Waals surface area contributed by atoms with Crippen LogP contribution in [0.2, 0.25) is 0 Å². The Morgan fingerprint density at radius 3 is 2.26 bits per heavy atom. The van der Waals surface area contributed by atoms with E-state index in [-0.39, 0.29) is 17.4 Å². The summed E-state index contributed by atoms with van der Waals surface area (Å²) < 4.78 is 32.4. The lowest BCUT2D eigenvalue weighted by molar-refractivity contribution is 0.0946. The smallest absolute Gasteiger partial charge is 0.251 e. The second-order valence-electron chi connectivity index (χ2n) is 8.33. The zero-order chi connectivity index (χ0) is 23.8. The average Bonchev–Trinajstić information content (AvgIpc) is 3.43. The third kappa shape index (κ3) is 6.04. The van der Waals surface area contributed by atoms with Crippen molar-refractivity contribution in [1.82, 2.24) is 9.62 Å². The highest BCUT2D eigenvalue weighted by atomic mass is 32.2. The van der Waals surface area contributed by atoms with Gasteiger partial charge in [0.1, 0.15) is 12.4 Å².